The van der Waals surface area contributed by atoms with Gasteiger partial charge < -0.3 is 4.90 Å². The molecule has 0 fully saturated rings. The van der Waals surface area contributed by atoms with E-state index in [0.717, 1.165) is 18.2 Å². The molecule has 124 valence electrons. The van der Waals surface area contributed by atoms with Crippen LogP contribution in [0.3, 0.4) is 0 Å². The van der Waals surface area contributed by atoms with Crippen molar-refractivity contribution < 1.29 is 14.6 Å². The van der Waals surface area contributed by atoms with E-state index in [0.29, 0.717) is 5.69 Å². The van der Waals surface area contributed by atoms with E-state index in [1.807, 2.05) is 0 Å². The number of nitro benzene ring substituents is 2. The van der Waals surface area contributed by atoms with Gasteiger partial charge in [-0.3, -0.25) is 25.0 Å². The zero-order valence-electron chi connectivity index (χ0n) is 13.1. The highest BCUT2D eigenvalue weighted by Gasteiger charge is 2.25. The molecule has 0 aliphatic carbocycles. The van der Waals surface area contributed by atoms with Gasteiger partial charge in [0, 0.05) is 23.9 Å². The predicted molar refractivity (Wildman–Crippen MR) is 88.1 cm³/mol. The number of hydrogen-bond acceptors (Lipinski definition) is 5. The summed E-state index contributed by atoms with van der Waals surface area (Å²) in [4.78, 5) is 34.7. The number of carbonyl (C=O) groups excluding carboxylic acids is 1. The number of nitro groups is 2. The van der Waals surface area contributed by atoms with Gasteiger partial charge in [-0.2, -0.15) is 0 Å². The Morgan fingerprint density at radius 2 is 1.46 bits per heavy atom. The molecule has 0 heterocycles. The first-order valence-corrected chi connectivity index (χ1v) is 7.13. The molecule has 0 saturated heterocycles. The predicted octanol–water partition coefficient (Wildman–Crippen LogP) is 3.56. The topological polar surface area (TPSA) is 107 Å². The van der Waals surface area contributed by atoms with Crippen LogP contribution in [-0.4, -0.2) is 21.8 Å². The van der Waals surface area contributed by atoms with Crippen LogP contribution in [0.4, 0.5) is 17.1 Å². The molecule has 0 aliphatic rings. The fourth-order valence-electron chi connectivity index (χ4n) is 2.31. The first-order chi connectivity index (χ1) is 11.3. The summed E-state index contributed by atoms with van der Waals surface area (Å²) in [6.45, 7) is 3.58. The van der Waals surface area contributed by atoms with Crippen molar-refractivity contribution in [3.8, 4) is 0 Å². The summed E-state index contributed by atoms with van der Waals surface area (Å²) in [5.41, 5.74) is -0.492. The molecular formula is C16H15N3O5. The van der Waals surface area contributed by atoms with Crippen molar-refractivity contribution in [2.45, 2.75) is 19.9 Å². The number of amides is 1. The summed E-state index contributed by atoms with van der Waals surface area (Å²) < 4.78 is 0. The van der Waals surface area contributed by atoms with Gasteiger partial charge >= 0.3 is 0 Å². The minimum absolute atomic E-state index is 0.103. The first-order valence-electron chi connectivity index (χ1n) is 7.13. The van der Waals surface area contributed by atoms with Gasteiger partial charge in [0.25, 0.3) is 17.3 Å². The molecule has 2 aromatic carbocycles. The Morgan fingerprint density at radius 1 is 0.958 bits per heavy atom. The Kier molecular flexibility index (Phi) is 4.88. The molecule has 2 aromatic rings. The Morgan fingerprint density at radius 3 is 1.88 bits per heavy atom. The third-order valence-electron chi connectivity index (χ3n) is 3.34. The molecule has 1 amide bonds. The zero-order chi connectivity index (χ0) is 17.9. The summed E-state index contributed by atoms with van der Waals surface area (Å²) >= 11 is 0. The van der Waals surface area contributed by atoms with Crippen molar-refractivity contribution >= 4 is 23.0 Å². The van der Waals surface area contributed by atoms with Gasteiger partial charge in [0.05, 0.1) is 21.5 Å². The molecule has 24 heavy (non-hydrogen) atoms. The number of anilines is 1. The third-order valence-corrected chi connectivity index (χ3v) is 3.34. The van der Waals surface area contributed by atoms with E-state index < -0.39 is 27.1 Å². The van der Waals surface area contributed by atoms with E-state index >= 15 is 0 Å². The van der Waals surface area contributed by atoms with Crippen LogP contribution in [-0.2, 0) is 0 Å². The van der Waals surface area contributed by atoms with E-state index in [9.17, 15) is 25.0 Å². The van der Waals surface area contributed by atoms with Crippen molar-refractivity contribution in [2.24, 2.45) is 0 Å². The van der Waals surface area contributed by atoms with Gasteiger partial charge in [0.2, 0.25) is 0 Å². The molecule has 0 N–H and O–H groups in total. The van der Waals surface area contributed by atoms with Gasteiger partial charge in [0.1, 0.15) is 0 Å². The second-order valence-corrected chi connectivity index (χ2v) is 5.36. The summed E-state index contributed by atoms with van der Waals surface area (Å²) in [5, 5.41) is 22.0. The largest absolute Gasteiger partial charge is 0.306 e. The smallest absolute Gasteiger partial charge is 0.277 e. The van der Waals surface area contributed by atoms with Crippen LogP contribution in [0.25, 0.3) is 0 Å². The van der Waals surface area contributed by atoms with Crippen molar-refractivity contribution in [3.05, 3.63) is 74.3 Å². The number of rotatable bonds is 5. The number of non-ortho nitro benzene ring substituents is 2. The molecule has 2 rings (SSSR count). The zero-order valence-corrected chi connectivity index (χ0v) is 13.1. The number of nitrogens with zero attached hydrogens (tertiary/aromatic N) is 3. The standard InChI is InChI=1S/C16H15N3O5/c1-11(2)17(13-6-4-3-5-7-13)16(20)12-8-14(18(21)22)10-15(9-12)19(23)24/h3-11H,1-2H3. The normalized spacial score (nSPS) is 10.5. The summed E-state index contributed by atoms with van der Waals surface area (Å²) in [5.74, 6) is -0.539. The van der Waals surface area contributed by atoms with Gasteiger partial charge in [-0.15, -0.1) is 0 Å². The average Bonchev–Trinajstić information content (AvgIpc) is 2.55. The van der Waals surface area contributed by atoms with Gasteiger partial charge in [-0.1, -0.05) is 18.2 Å². The van der Waals surface area contributed by atoms with Crippen LogP contribution < -0.4 is 4.90 Å². The highest BCUT2D eigenvalue weighted by molar-refractivity contribution is 6.07. The maximum Gasteiger partial charge on any atom is 0.277 e. The van der Waals surface area contributed by atoms with Crippen LogP contribution in [0.5, 0.6) is 0 Å². The number of benzene rings is 2. The lowest BCUT2D eigenvalue weighted by molar-refractivity contribution is -0.394. The minimum atomic E-state index is -0.758. The Bertz CT molecular complexity index is 757. The van der Waals surface area contributed by atoms with Crippen LogP contribution in [0.2, 0.25) is 0 Å². The second kappa shape index (κ2) is 6.86. The van der Waals surface area contributed by atoms with E-state index in [2.05, 4.69) is 0 Å². The van der Waals surface area contributed by atoms with Crippen molar-refractivity contribution in [2.75, 3.05) is 4.90 Å². The van der Waals surface area contributed by atoms with E-state index in [1.54, 1.807) is 44.2 Å². The second-order valence-electron chi connectivity index (χ2n) is 5.36. The maximum absolute atomic E-state index is 12.8. The minimum Gasteiger partial charge on any atom is -0.306 e. The van der Waals surface area contributed by atoms with Gasteiger partial charge in [-0.25, -0.2) is 0 Å². The van der Waals surface area contributed by atoms with E-state index in [1.165, 1.54) is 4.90 Å². The Labute approximate surface area is 137 Å². The molecule has 0 radical (unpaired) electrons. The lowest BCUT2D eigenvalue weighted by atomic mass is 10.1. The molecule has 0 atom stereocenters. The quantitative estimate of drug-likeness (QED) is 0.616. The lowest BCUT2D eigenvalue weighted by Crippen LogP contribution is -2.37. The summed E-state index contributed by atoms with van der Waals surface area (Å²) in [7, 11) is 0. The molecule has 0 saturated carbocycles. The van der Waals surface area contributed by atoms with Crippen molar-refractivity contribution in [1.29, 1.82) is 0 Å². The fraction of sp³-hybridized carbons (Fsp3) is 0.188. The fourth-order valence-corrected chi connectivity index (χ4v) is 2.31. The van der Waals surface area contributed by atoms with Crippen LogP contribution in [0.1, 0.15) is 24.2 Å². The SMILES string of the molecule is CC(C)N(C(=O)c1cc([N+](=O)[O-])cc([N+](=O)[O-])c1)c1ccccc1. The Hall–Kier alpha value is -3.29. The van der Waals surface area contributed by atoms with Crippen LogP contribution in [0, 0.1) is 20.2 Å². The first kappa shape index (κ1) is 17.1. The maximum atomic E-state index is 12.8. The number of hydrogen-bond donors (Lipinski definition) is 0. The molecule has 8 heteroatoms. The van der Waals surface area contributed by atoms with Gasteiger partial charge in [0.15, 0.2) is 0 Å². The molecular weight excluding hydrogens is 314 g/mol. The molecule has 0 bridgehead atoms. The average molecular weight is 329 g/mol. The van der Waals surface area contributed by atoms with Gasteiger partial charge in [-0.05, 0) is 26.0 Å². The molecule has 0 spiro atoms. The summed E-state index contributed by atoms with van der Waals surface area (Å²) in [6, 6.07) is 11.5. The highest BCUT2D eigenvalue weighted by atomic mass is 16.6. The highest BCUT2D eigenvalue weighted by Crippen LogP contribution is 2.26. The van der Waals surface area contributed by atoms with Crippen molar-refractivity contribution in [1.82, 2.24) is 0 Å². The van der Waals surface area contributed by atoms with E-state index in [4.69, 9.17) is 0 Å². The third kappa shape index (κ3) is 3.54. The monoisotopic (exact) mass is 329 g/mol. The van der Waals surface area contributed by atoms with Crippen LogP contribution in [0.15, 0.2) is 48.5 Å². The number of para-hydroxylation sites is 1. The molecule has 0 aliphatic heterocycles. The molecule has 0 unspecified atom stereocenters. The number of carbonyl (C=O) groups is 1. The molecule has 8 nitrogen and oxygen atoms in total. The summed E-state index contributed by atoms with van der Waals surface area (Å²) in [6.07, 6.45) is 0. The van der Waals surface area contributed by atoms with Crippen LogP contribution >= 0.6 is 0 Å². The van der Waals surface area contributed by atoms with Crippen molar-refractivity contribution in [3.63, 3.8) is 0 Å². The lowest BCUT2D eigenvalue weighted by Gasteiger charge is -2.26. The van der Waals surface area contributed by atoms with E-state index in [-0.39, 0.29) is 11.6 Å². The Balaban J connectivity index is 2.54. The molecule has 0 aromatic heterocycles.